The van der Waals surface area contributed by atoms with Crippen LogP contribution >= 0.6 is 24.0 Å². The lowest BCUT2D eigenvalue weighted by Crippen LogP contribution is -2.48. The Balaban J connectivity index is 0.00000312. The molecule has 6 nitrogen and oxygen atoms in total. The molecule has 2 aliphatic rings. The van der Waals surface area contributed by atoms with Crippen LogP contribution in [0.1, 0.15) is 39.0 Å². The molecule has 0 spiro atoms. The van der Waals surface area contributed by atoms with Gasteiger partial charge in [-0.05, 0) is 25.2 Å². The minimum atomic E-state index is 0. The van der Waals surface area contributed by atoms with E-state index in [0.717, 1.165) is 32.1 Å². The first-order chi connectivity index (χ1) is 11.5. The van der Waals surface area contributed by atoms with Crippen LogP contribution in [0.4, 0.5) is 0 Å². The summed E-state index contributed by atoms with van der Waals surface area (Å²) in [6.07, 6.45) is 6.18. The highest BCUT2D eigenvalue weighted by Gasteiger charge is 2.28. The molecule has 1 heterocycles. The monoisotopic (exact) mass is 466 g/mol. The van der Waals surface area contributed by atoms with Crippen molar-refractivity contribution >= 4 is 35.8 Å². The summed E-state index contributed by atoms with van der Waals surface area (Å²) in [7, 11) is 5.31. The molecule has 7 heteroatoms. The summed E-state index contributed by atoms with van der Waals surface area (Å²) in [5, 5.41) is 3.67. The maximum Gasteiger partial charge on any atom is 0.243 e. The van der Waals surface area contributed by atoms with E-state index < -0.39 is 0 Å². The van der Waals surface area contributed by atoms with Gasteiger partial charge in [0.1, 0.15) is 6.54 Å². The molecule has 2 rings (SSSR count). The van der Waals surface area contributed by atoms with E-state index in [1.807, 2.05) is 0 Å². The molecule has 146 valence electrons. The first kappa shape index (κ1) is 22.5. The summed E-state index contributed by atoms with van der Waals surface area (Å²) < 4.78 is 5.30. The van der Waals surface area contributed by atoms with Crippen LogP contribution in [0.25, 0.3) is 0 Å². The molecule has 0 bridgehead atoms. The second-order valence-electron chi connectivity index (χ2n) is 7.50. The number of amides is 1. The molecular weight excluding hydrogens is 431 g/mol. The zero-order chi connectivity index (χ0) is 17.5. The molecule has 0 aromatic heterocycles. The van der Waals surface area contributed by atoms with Gasteiger partial charge in [0.2, 0.25) is 5.91 Å². The highest BCUT2D eigenvalue weighted by molar-refractivity contribution is 14.0. The zero-order valence-electron chi connectivity index (χ0n) is 16.2. The Labute approximate surface area is 169 Å². The highest BCUT2D eigenvalue weighted by atomic mass is 127. The molecule has 25 heavy (non-hydrogen) atoms. The van der Waals surface area contributed by atoms with Crippen molar-refractivity contribution in [3.05, 3.63) is 0 Å². The van der Waals surface area contributed by atoms with Crippen molar-refractivity contribution in [1.82, 2.24) is 15.1 Å². The van der Waals surface area contributed by atoms with E-state index in [4.69, 9.17) is 4.74 Å². The molecule has 1 aliphatic carbocycles. The van der Waals surface area contributed by atoms with Crippen LogP contribution in [-0.2, 0) is 9.53 Å². The standard InChI is InChI=1S/C18H34N4O2.HI/c1-14-7-5-6-8-16(14)20-18(19-11-17(23)21(2)3)22-10-9-15(12-22)13-24-4;/h14-16H,5-13H2,1-4H3,(H,19,20);1H. The van der Waals surface area contributed by atoms with Gasteiger partial charge in [-0.15, -0.1) is 24.0 Å². The normalized spacial score (nSPS) is 27.0. The molecule has 1 amide bonds. The van der Waals surface area contributed by atoms with Crippen molar-refractivity contribution in [2.75, 3.05) is 47.4 Å². The third-order valence-electron chi connectivity index (χ3n) is 5.28. The number of rotatable bonds is 5. The summed E-state index contributed by atoms with van der Waals surface area (Å²) in [5.41, 5.74) is 0. The third kappa shape index (κ3) is 6.92. The predicted molar refractivity (Wildman–Crippen MR) is 113 cm³/mol. The topological polar surface area (TPSA) is 57.2 Å². The number of aliphatic imine (C=N–C) groups is 1. The van der Waals surface area contributed by atoms with E-state index >= 15 is 0 Å². The molecule has 0 aromatic carbocycles. The molecule has 1 saturated carbocycles. The Bertz CT molecular complexity index is 445. The summed E-state index contributed by atoms with van der Waals surface area (Å²) in [5.74, 6) is 2.15. The SMILES string of the molecule is COCC1CCN(C(=NCC(=O)N(C)C)NC2CCCCC2C)C1.I. The van der Waals surface area contributed by atoms with Crippen molar-refractivity contribution in [3.8, 4) is 0 Å². The van der Waals surface area contributed by atoms with Crippen molar-refractivity contribution < 1.29 is 9.53 Å². The molecular formula is C18H35IN4O2. The summed E-state index contributed by atoms with van der Waals surface area (Å²) in [4.78, 5) is 20.5. The number of guanidine groups is 1. The maximum absolute atomic E-state index is 11.9. The first-order valence-corrected chi connectivity index (χ1v) is 9.26. The maximum atomic E-state index is 11.9. The van der Waals surface area contributed by atoms with Crippen LogP contribution < -0.4 is 5.32 Å². The number of carbonyl (C=O) groups excluding carboxylic acids is 1. The number of carbonyl (C=O) groups is 1. The smallest absolute Gasteiger partial charge is 0.243 e. The lowest BCUT2D eigenvalue weighted by Gasteiger charge is -2.33. The number of nitrogens with one attached hydrogen (secondary N) is 1. The van der Waals surface area contributed by atoms with Gasteiger partial charge in [-0.3, -0.25) is 4.79 Å². The van der Waals surface area contributed by atoms with Crippen LogP contribution in [0.15, 0.2) is 4.99 Å². The molecule has 1 saturated heterocycles. The fourth-order valence-electron chi connectivity index (χ4n) is 3.61. The fourth-order valence-corrected chi connectivity index (χ4v) is 3.61. The Hall–Kier alpha value is -0.570. The number of halogens is 1. The van der Waals surface area contributed by atoms with Gasteiger partial charge < -0.3 is 19.9 Å². The molecule has 3 unspecified atom stereocenters. The van der Waals surface area contributed by atoms with Gasteiger partial charge in [0.05, 0.1) is 6.61 Å². The van der Waals surface area contributed by atoms with E-state index in [-0.39, 0.29) is 36.4 Å². The van der Waals surface area contributed by atoms with Crippen LogP contribution in [0.5, 0.6) is 0 Å². The highest BCUT2D eigenvalue weighted by Crippen LogP contribution is 2.24. The number of likely N-dealkylation sites (N-methyl/N-ethyl adjacent to an activating group) is 1. The average Bonchev–Trinajstić information content (AvgIpc) is 3.01. The van der Waals surface area contributed by atoms with E-state index in [9.17, 15) is 4.79 Å². The largest absolute Gasteiger partial charge is 0.384 e. The first-order valence-electron chi connectivity index (χ1n) is 9.26. The summed E-state index contributed by atoms with van der Waals surface area (Å²) >= 11 is 0. The number of hydrogen-bond donors (Lipinski definition) is 1. The minimum Gasteiger partial charge on any atom is -0.384 e. The van der Waals surface area contributed by atoms with Gasteiger partial charge in [-0.1, -0.05) is 19.8 Å². The van der Waals surface area contributed by atoms with Crippen LogP contribution in [0.2, 0.25) is 0 Å². The van der Waals surface area contributed by atoms with Crippen molar-refractivity contribution in [2.45, 2.75) is 45.1 Å². The van der Waals surface area contributed by atoms with E-state index in [1.165, 1.54) is 25.7 Å². The molecule has 3 atom stereocenters. The van der Waals surface area contributed by atoms with Crippen LogP contribution in [0.3, 0.4) is 0 Å². The van der Waals surface area contributed by atoms with Gasteiger partial charge in [-0.2, -0.15) is 0 Å². The van der Waals surface area contributed by atoms with Gasteiger partial charge in [0, 0.05) is 46.3 Å². The molecule has 0 radical (unpaired) electrons. The average molecular weight is 466 g/mol. The van der Waals surface area contributed by atoms with Crippen molar-refractivity contribution in [1.29, 1.82) is 0 Å². The quantitative estimate of drug-likeness (QED) is 0.384. The van der Waals surface area contributed by atoms with E-state index in [0.29, 0.717) is 17.9 Å². The Morgan fingerprint density at radius 3 is 2.64 bits per heavy atom. The lowest BCUT2D eigenvalue weighted by molar-refractivity contribution is -0.127. The molecule has 2 fully saturated rings. The number of hydrogen-bond acceptors (Lipinski definition) is 3. The Morgan fingerprint density at radius 1 is 1.28 bits per heavy atom. The van der Waals surface area contributed by atoms with Crippen molar-refractivity contribution in [3.63, 3.8) is 0 Å². The number of ether oxygens (including phenoxy) is 1. The summed E-state index contributed by atoms with van der Waals surface area (Å²) in [6, 6.07) is 0.466. The lowest BCUT2D eigenvalue weighted by atomic mass is 9.86. The number of likely N-dealkylation sites (tertiary alicyclic amines) is 1. The Kier molecular flexibility index (Phi) is 10.1. The van der Waals surface area contributed by atoms with Gasteiger partial charge >= 0.3 is 0 Å². The van der Waals surface area contributed by atoms with Gasteiger partial charge in [-0.25, -0.2) is 4.99 Å². The Morgan fingerprint density at radius 2 is 2.00 bits per heavy atom. The van der Waals surface area contributed by atoms with E-state index in [1.54, 1.807) is 26.1 Å². The van der Waals surface area contributed by atoms with Gasteiger partial charge in [0.15, 0.2) is 5.96 Å². The van der Waals surface area contributed by atoms with Crippen molar-refractivity contribution in [2.24, 2.45) is 16.8 Å². The van der Waals surface area contributed by atoms with Crippen LogP contribution in [0, 0.1) is 11.8 Å². The van der Waals surface area contributed by atoms with Gasteiger partial charge in [0.25, 0.3) is 0 Å². The number of nitrogens with zero attached hydrogens (tertiary/aromatic N) is 3. The zero-order valence-corrected chi connectivity index (χ0v) is 18.5. The minimum absolute atomic E-state index is 0. The summed E-state index contributed by atoms with van der Waals surface area (Å²) in [6.45, 7) is 5.26. The fraction of sp³-hybridized carbons (Fsp3) is 0.889. The van der Waals surface area contributed by atoms with E-state index in [2.05, 4.69) is 22.1 Å². The second-order valence-corrected chi connectivity index (χ2v) is 7.50. The third-order valence-corrected chi connectivity index (χ3v) is 5.28. The predicted octanol–water partition coefficient (Wildman–Crippen LogP) is 2.19. The molecule has 1 aliphatic heterocycles. The van der Waals surface area contributed by atoms with Crippen LogP contribution in [-0.4, -0.2) is 75.2 Å². The molecule has 1 N–H and O–H groups in total. The number of methoxy groups -OCH3 is 1. The molecule has 0 aromatic rings. The second kappa shape index (κ2) is 11.2.